The molecule has 1 nitrogen and oxygen atoms in total. The molecule has 0 aliphatic heterocycles. The van der Waals surface area contributed by atoms with Gasteiger partial charge in [-0.1, -0.05) is 19.1 Å². The second-order valence-corrected chi connectivity index (χ2v) is 5.85. The van der Waals surface area contributed by atoms with Crippen LogP contribution in [-0.2, 0) is 6.42 Å². The molecule has 0 saturated heterocycles. The van der Waals surface area contributed by atoms with Gasteiger partial charge >= 0.3 is 0 Å². The number of rotatable bonds is 6. The van der Waals surface area contributed by atoms with Crippen molar-refractivity contribution in [2.45, 2.75) is 32.7 Å². The molecule has 1 aromatic heterocycles. The largest absolute Gasteiger partial charge is 0.310 e. The zero-order valence-electron chi connectivity index (χ0n) is 11.7. The minimum Gasteiger partial charge on any atom is -0.310 e. The molecule has 1 aromatic carbocycles. The van der Waals surface area contributed by atoms with Crippen molar-refractivity contribution in [3.05, 3.63) is 57.3 Å². The predicted octanol–water partition coefficient (Wildman–Crippen LogP) is 4.62. The molecular weight excluding hydrogens is 276 g/mol. The Hall–Kier alpha value is -1.26. The summed E-state index contributed by atoms with van der Waals surface area (Å²) in [7, 11) is 0. The average molecular weight is 295 g/mol. The molecule has 20 heavy (non-hydrogen) atoms. The van der Waals surface area contributed by atoms with Crippen LogP contribution in [0.2, 0.25) is 0 Å². The highest BCUT2D eigenvalue weighted by atomic mass is 32.1. The summed E-state index contributed by atoms with van der Waals surface area (Å²) in [6.07, 6.45) is 1.51. The monoisotopic (exact) mass is 295 g/mol. The molecule has 2 rings (SSSR count). The van der Waals surface area contributed by atoms with Crippen LogP contribution in [0.4, 0.5) is 8.78 Å². The summed E-state index contributed by atoms with van der Waals surface area (Å²) < 4.78 is 28.2. The number of halogens is 2. The second kappa shape index (κ2) is 6.95. The molecule has 0 fully saturated rings. The van der Waals surface area contributed by atoms with Crippen LogP contribution < -0.4 is 5.32 Å². The van der Waals surface area contributed by atoms with E-state index in [1.165, 1.54) is 17.0 Å². The molecule has 0 bridgehead atoms. The molecule has 1 heterocycles. The van der Waals surface area contributed by atoms with E-state index in [9.17, 15) is 8.78 Å². The van der Waals surface area contributed by atoms with Crippen LogP contribution in [-0.4, -0.2) is 6.54 Å². The molecule has 0 radical (unpaired) electrons. The van der Waals surface area contributed by atoms with Gasteiger partial charge in [-0.2, -0.15) is 0 Å². The van der Waals surface area contributed by atoms with Crippen molar-refractivity contribution in [2.75, 3.05) is 6.54 Å². The number of aryl methyl sites for hydroxylation is 2. The van der Waals surface area contributed by atoms with Crippen LogP contribution in [0.15, 0.2) is 29.6 Å². The van der Waals surface area contributed by atoms with Crippen molar-refractivity contribution in [3.63, 3.8) is 0 Å². The summed E-state index contributed by atoms with van der Waals surface area (Å²) in [5.41, 5.74) is 0.656. The Morgan fingerprint density at radius 2 is 2.05 bits per heavy atom. The van der Waals surface area contributed by atoms with Gasteiger partial charge in [0.25, 0.3) is 0 Å². The van der Waals surface area contributed by atoms with Crippen molar-refractivity contribution in [1.29, 1.82) is 0 Å². The summed E-state index contributed by atoms with van der Waals surface area (Å²) in [4.78, 5) is 1.24. The van der Waals surface area contributed by atoms with Crippen molar-refractivity contribution in [1.82, 2.24) is 5.32 Å². The fourth-order valence-electron chi connectivity index (χ4n) is 2.33. The van der Waals surface area contributed by atoms with E-state index in [1.54, 1.807) is 18.3 Å². The molecule has 1 N–H and O–H groups in total. The topological polar surface area (TPSA) is 12.0 Å². The first kappa shape index (κ1) is 15.1. The Balaban J connectivity index is 2.21. The third-order valence-electron chi connectivity index (χ3n) is 3.38. The molecule has 0 aliphatic carbocycles. The Morgan fingerprint density at radius 1 is 1.25 bits per heavy atom. The fraction of sp³-hybridized carbons (Fsp3) is 0.375. The molecule has 1 atom stereocenters. The van der Waals surface area contributed by atoms with E-state index < -0.39 is 11.6 Å². The minimum absolute atomic E-state index is 0.170. The van der Waals surface area contributed by atoms with Crippen LogP contribution >= 0.6 is 11.3 Å². The number of hydrogen-bond donors (Lipinski definition) is 1. The highest BCUT2D eigenvalue weighted by Gasteiger charge is 2.20. The van der Waals surface area contributed by atoms with Crippen LogP contribution in [0.3, 0.4) is 0 Å². The summed E-state index contributed by atoms with van der Waals surface area (Å²) in [6.45, 7) is 4.30. The molecule has 108 valence electrons. The molecule has 2 aromatic rings. The first-order chi connectivity index (χ1) is 9.63. The highest BCUT2D eigenvalue weighted by Crippen LogP contribution is 2.27. The lowest BCUT2D eigenvalue weighted by Crippen LogP contribution is -2.24. The molecule has 4 heteroatoms. The summed E-state index contributed by atoms with van der Waals surface area (Å²) in [5, 5.41) is 5.21. The van der Waals surface area contributed by atoms with Crippen molar-refractivity contribution < 1.29 is 8.78 Å². The maximum atomic E-state index is 14.2. The van der Waals surface area contributed by atoms with E-state index in [4.69, 9.17) is 0 Å². The van der Waals surface area contributed by atoms with Crippen molar-refractivity contribution in [2.24, 2.45) is 0 Å². The lowest BCUT2D eigenvalue weighted by Gasteiger charge is -2.20. The summed E-state index contributed by atoms with van der Waals surface area (Å²) in [5.74, 6) is -0.896. The van der Waals surface area contributed by atoms with Gasteiger partial charge in [0.1, 0.15) is 11.6 Å². The van der Waals surface area contributed by atoms with E-state index in [-0.39, 0.29) is 11.6 Å². The second-order valence-electron chi connectivity index (χ2n) is 4.82. The Bertz CT molecular complexity index is 552. The SMILES string of the molecule is CCNC(CCc1cccs1)c1c(F)ccc(C)c1F. The van der Waals surface area contributed by atoms with Gasteiger partial charge in [0.2, 0.25) is 0 Å². The molecular formula is C16H19F2NS. The maximum absolute atomic E-state index is 14.2. The average Bonchev–Trinajstić information content (AvgIpc) is 2.94. The van der Waals surface area contributed by atoms with E-state index in [0.29, 0.717) is 18.5 Å². The normalized spacial score (nSPS) is 12.6. The van der Waals surface area contributed by atoms with Gasteiger partial charge in [-0.3, -0.25) is 0 Å². The summed E-state index contributed by atoms with van der Waals surface area (Å²) in [6, 6.07) is 6.59. The van der Waals surface area contributed by atoms with Gasteiger partial charge in [0.05, 0.1) is 0 Å². The zero-order valence-corrected chi connectivity index (χ0v) is 12.6. The Kier molecular flexibility index (Phi) is 5.26. The third-order valence-corrected chi connectivity index (χ3v) is 4.31. The minimum atomic E-state index is -0.467. The van der Waals surface area contributed by atoms with Gasteiger partial charge in [0, 0.05) is 16.5 Å². The fourth-order valence-corrected chi connectivity index (χ4v) is 3.06. The zero-order chi connectivity index (χ0) is 14.5. The van der Waals surface area contributed by atoms with E-state index >= 15 is 0 Å². The van der Waals surface area contributed by atoms with Gasteiger partial charge < -0.3 is 5.32 Å². The number of benzene rings is 1. The number of nitrogens with one attached hydrogen (secondary N) is 1. The summed E-state index contributed by atoms with van der Waals surface area (Å²) >= 11 is 1.67. The quantitative estimate of drug-likeness (QED) is 0.820. The van der Waals surface area contributed by atoms with Crippen molar-refractivity contribution in [3.8, 4) is 0 Å². The lowest BCUT2D eigenvalue weighted by molar-refractivity contribution is 0.453. The third kappa shape index (κ3) is 3.44. The van der Waals surface area contributed by atoms with E-state index in [0.717, 1.165) is 6.42 Å². The van der Waals surface area contributed by atoms with Crippen molar-refractivity contribution >= 4 is 11.3 Å². The van der Waals surface area contributed by atoms with Gasteiger partial charge in [-0.05, 0) is 49.4 Å². The van der Waals surface area contributed by atoms with Gasteiger partial charge in [-0.25, -0.2) is 8.78 Å². The molecule has 1 unspecified atom stereocenters. The van der Waals surface area contributed by atoms with Crippen LogP contribution in [0.5, 0.6) is 0 Å². The first-order valence-electron chi connectivity index (χ1n) is 6.83. The number of hydrogen-bond acceptors (Lipinski definition) is 2. The molecule has 0 aliphatic rings. The lowest BCUT2D eigenvalue weighted by atomic mass is 9.98. The Labute approximate surface area is 122 Å². The van der Waals surface area contributed by atoms with Crippen LogP contribution in [0, 0.1) is 18.6 Å². The van der Waals surface area contributed by atoms with E-state index in [1.807, 2.05) is 18.4 Å². The smallest absolute Gasteiger partial charge is 0.133 e. The number of thiophene rings is 1. The predicted molar refractivity (Wildman–Crippen MR) is 80.2 cm³/mol. The Morgan fingerprint density at radius 3 is 2.70 bits per heavy atom. The van der Waals surface area contributed by atoms with Crippen LogP contribution in [0.1, 0.15) is 35.4 Å². The van der Waals surface area contributed by atoms with E-state index in [2.05, 4.69) is 11.4 Å². The molecule has 0 saturated carbocycles. The first-order valence-corrected chi connectivity index (χ1v) is 7.71. The van der Waals surface area contributed by atoms with Gasteiger partial charge in [-0.15, -0.1) is 11.3 Å². The maximum Gasteiger partial charge on any atom is 0.133 e. The molecule has 0 spiro atoms. The van der Waals surface area contributed by atoms with Crippen LogP contribution in [0.25, 0.3) is 0 Å². The molecule has 0 amide bonds. The standard InChI is InChI=1S/C16H19F2NS/c1-3-19-14(9-7-12-5-4-10-20-12)15-13(17)8-6-11(2)16(15)18/h4-6,8,10,14,19H,3,7,9H2,1-2H3. The highest BCUT2D eigenvalue weighted by molar-refractivity contribution is 7.09. The van der Waals surface area contributed by atoms with Gasteiger partial charge in [0.15, 0.2) is 0 Å².